The number of piperidine rings is 1. The lowest BCUT2D eigenvalue weighted by molar-refractivity contribution is 0.0577. The second kappa shape index (κ2) is 8.26. The summed E-state index contributed by atoms with van der Waals surface area (Å²) in [5.41, 5.74) is 2.29. The summed E-state index contributed by atoms with van der Waals surface area (Å²) in [5.74, 6) is 1.47. The van der Waals surface area contributed by atoms with Gasteiger partial charge in [-0.15, -0.1) is 0 Å². The highest BCUT2D eigenvalue weighted by Crippen LogP contribution is 2.32. The third-order valence-corrected chi connectivity index (χ3v) is 5.85. The van der Waals surface area contributed by atoms with Crippen LogP contribution >= 0.6 is 0 Å². The molecule has 144 valence electrons. The summed E-state index contributed by atoms with van der Waals surface area (Å²) in [7, 11) is 0. The number of aromatic nitrogens is 1. The summed E-state index contributed by atoms with van der Waals surface area (Å²) in [6.45, 7) is 6.06. The molecule has 0 spiro atoms. The largest absolute Gasteiger partial charge is 0.456 e. The number of aryl methyl sites for hydroxylation is 1. The van der Waals surface area contributed by atoms with Gasteiger partial charge in [0.15, 0.2) is 5.76 Å². The third kappa shape index (κ3) is 3.93. The van der Waals surface area contributed by atoms with Gasteiger partial charge in [-0.3, -0.25) is 14.7 Å². The van der Waals surface area contributed by atoms with Crippen molar-refractivity contribution in [2.24, 2.45) is 0 Å². The van der Waals surface area contributed by atoms with Crippen molar-refractivity contribution in [2.45, 2.75) is 58.0 Å². The van der Waals surface area contributed by atoms with Gasteiger partial charge in [-0.05, 0) is 62.9 Å². The molecule has 0 aliphatic carbocycles. The van der Waals surface area contributed by atoms with Crippen LogP contribution in [-0.4, -0.2) is 40.3 Å². The second-order valence-corrected chi connectivity index (χ2v) is 7.69. The van der Waals surface area contributed by atoms with Crippen molar-refractivity contribution in [1.29, 1.82) is 0 Å². The molecule has 2 aromatic heterocycles. The maximum absolute atomic E-state index is 13.3. The van der Waals surface area contributed by atoms with Crippen LogP contribution in [-0.2, 0) is 13.0 Å². The summed E-state index contributed by atoms with van der Waals surface area (Å²) in [6, 6.07) is 6.11. The topological polar surface area (TPSA) is 49.6 Å². The van der Waals surface area contributed by atoms with E-state index in [2.05, 4.69) is 22.9 Å². The number of carbonyl (C=O) groups is 1. The molecule has 1 atom stereocenters. The molecular weight excluding hydrogens is 338 g/mol. The van der Waals surface area contributed by atoms with E-state index in [1.54, 1.807) is 6.20 Å². The Hall–Kier alpha value is -2.14. The minimum Gasteiger partial charge on any atom is -0.456 e. The average molecular weight is 367 g/mol. The third-order valence-electron chi connectivity index (χ3n) is 5.85. The van der Waals surface area contributed by atoms with Crippen molar-refractivity contribution in [3.05, 3.63) is 53.2 Å². The summed E-state index contributed by atoms with van der Waals surface area (Å²) in [5, 5.41) is 0. The minimum atomic E-state index is 0.0194. The van der Waals surface area contributed by atoms with E-state index < -0.39 is 0 Å². The number of nitrogens with zero attached hydrogens (tertiary/aromatic N) is 3. The lowest BCUT2D eigenvalue weighted by Crippen LogP contribution is -2.38. The average Bonchev–Trinajstić information content (AvgIpc) is 3.38. The van der Waals surface area contributed by atoms with E-state index >= 15 is 0 Å². The molecule has 0 radical (unpaired) electrons. The van der Waals surface area contributed by atoms with Crippen LogP contribution in [0.5, 0.6) is 0 Å². The highest BCUT2D eigenvalue weighted by molar-refractivity contribution is 5.92. The fraction of sp³-hybridized carbons (Fsp3) is 0.545. The first-order valence-corrected chi connectivity index (χ1v) is 10.3. The first kappa shape index (κ1) is 18.2. The van der Waals surface area contributed by atoms with Crippen molar-refractivity contribution in [2.75, 3.05) is 19.6 Å². The van der Waals surface area contributed by atoms with Crippen molar-refractivity contribution in [3.63, 3.8) is 0 Å². The number of carbonyl (C=O) groups excluding carboxylic acids is 1. The van der Waals surface area contributed by atoms with Crippen LogP contribution in [0.1, 0.15) is 72.5 Å². The first-order chi connectivity index (χ1) is 13.3. The van der Waals surface area contributed by atoms with Crippen LogP contribution in [0, 0.1) is 0 Å². The van der Waals surface area contributed by atoms with E-state index in [1.807, 2.05) is 23.2 Å². The maximum atomic E-state index is 13.3. The smallest absolute Gasteiger partial charge is 0.290 e. The van der Waals surface area contributed by atoms with Crippen molar-refractivity contribution < 1.29 is 9.21 Å². The molecule has 2 aliphatic heterocycles. The first-order valence-electron chi connectivity index (χ1n) is 10.3. The summed E-state index contributed by atoms with van der Waals surface area (Å²) >= 11 is 0. The molecule has 0 aromatic carbocycles. The molecule has 0 N–H and O–H groups in total. The van der Waals surface area contributed by atoms with E-state index in [4.69, 9.17) is 4.42 Å². The Balaban J connectivity index is 1.56. The predicted octanol–water partition coefficient (Wildman–Crippen LogP) is 4.20. The maximum Gasteiger partial charge on any atom is 0.290 e. The zero-order valence-corrected chi connectivity index (χ0v) is 16.2. The van der Waals surface area contributed by atoms with Gasteiger partial charge in [0.05, 0.1) is 6.04 Å². The molecule has 27 heavy (non-hydrogen) atoms. The Morgan fingerprint density at radius 3 is 2.78 bits per heavy atom. The van der Waals surface area contributed by atoms with Crippen LogP contribution in [0.3, 0.4) is 0 Å². The molecule has 5 heteroatoms. The number of pyridine rings is 1. The van der Waals surface area contributed by atoms with E-state index in [9.17, 15) is 4.79 Å². The van der Waals surface area contributed by atoms with E-state index in [-0.39, 0.29) is 11.9 Å². The standard InChI is InChI=1S/C22H29N3O2/c1-2-20-18(16-24-11-5-6-12-24)14-21(27-20)22(26)25-13-4-3-9-19(25)17-8-7-10-23-15-17/h7-8,10,14-15,19H,2-6,9,11-13,16H2,1H3/t19-/m0/s1. The van der Waals surface area contributed by atoms with Gasteiger partial charge >= 0.3 is 0 Å². The zero-order chi connectivity index (χ0) is 18.6. The second-order valence-electron chi connectivity index (χ2n) is 7.69. The summed E-state index contributed by atoms with van der Waals surface area (Å²) in [4.78, 5) is 22.0. The summed E-state index contributed by atoms with van der Waals surface area (Å²) in [6.07, 6.45) is 10.2. The van der Waals surface area contributed by atoms with Gasteiger partial charge in [0.25, 0.3) is 5.91 Å². The number of furan rings is 1. The van der Waals surface area contributed by atoms with Gasteiger partial charge in [0, 0.05) is 37.5 Å². The molecule has 0 saturated carbocycles. The molecule has 5 nitrogen and oxygen atoms in total. The van der Waals surface area contributed by atoms with Crippen LogP contribution in [0.25, 0.3) is 0 Å². The number of amides is 1. The molecule has 0 unspecified atom stereocenters. The molecule has 1 amide bonds. The van der Waals surface area contributed by atoms with Crippen LogP contribution in [0.2, 0.25) is 0 Å². The van der Waals surface area contributed by atoms with Crippen LogP contribution < -0.4 is 0 Å². The summed E-state index contributed by atoms with van der Waals surface area (Å²) < 4.78 is 6.04. The van der Waals surface area contributed by atoms with Crippen molar-refractivity contribution in [3.8, 4) is 0 Å². The Bertz CT molecular complexity index is 765. The van der Waals surface area contributed by atoms with Crippen LogP contribution in [0.4, 0.5) is 0 Å². The Kier molecular flexibility index (Phi) is 5.58. The SMILES string of the molecule is CCc1oc(C(=O)N2CCCC[C@H]2c2cccnc2)cc1CN1CCCC1. The van der Waals surface area contributed by atoms with Gasteiger partial charge in [-0.25, -0.2) is 0 Å². The number of hydrogen-bond donors (Lipinski definition) is 0. The number of rotatable bonds is 5. The number of likely N-dealkylation sites (tertiary alicyclic amines) is 2. The van der Waals surface area contributed by atoms with Gasteiger partial charge in [-0.2, -0.15) is 0 Å². The fourth-order valence-electron chi connectivity index (χ4n) is 4.42. The van der Waals surface area contributed by atoms with Gasteiger partial charge in [0.1, 0.15) is 5.76 Å². The Morgan fingerprint density at radius 2 is 2.04 bits per heavy atom. The molecule has 4 heterocycles. The van der Waals surface area contributed by atoms with E-state index in [1.165, 1.54) is 18.4 Å². The highest BCUT2D eigenvalue weighted by atomic mass is 16.4. The Morgan fingerprint density at radius 1 is 1.22 bits per heavy atom. The molecule has 2 saturated heterocycles. The van der Waals surface area contributed by atoms with Gasteiger partial charge in [-0.1, -0.05) is 13.0 Å². The number of hydrogen-bond acceptors (Lipinski definition) is 4. The van der Waals surface area contributed by atoms with Gasteiger partial charge < -0.3 is 9.32 Å². The quantitative estimate of drug-likeness (QED) is 0.795. The van der Waals surface area contributed by atoms with Gasteiger partial charge in [0.2, 0.25) is 0 Å². The van der Waals surface area contributed by atoms with E-state index in [0.29, 0.717) is 5.76 Å². The minimum absolute atomic E-state index is 0.0194. The molecule has 2 aromatic rings. The lowest BCUT2D eigenvalue weighted by atomic mass is 9.96. The highest BCUT2D eigenvalue weighted by Gasteiger charge is 2.31. The molecule has 2 aliphatic rings. The predicted molar refractivity (Wildman–Crippen MR) is 104 cm³/mol. The van der Waals surface area contributed by atoms with Crippen molar-refractivity contribution in [1.82, 2.24) is 14.8 Å². The molecule has 0 bridgehead atoms. The van der Waals surface area contributed by atoms with Crippen LogP contribution in [0.15, 0.2) is 35.0 Å². The Labute approximate surface area is 161 Å². The monoisotopic (exact) mass is 367 g/mol. The fourth-order valence-corrected chi connectivity index (χ4v) is 4.42. The van der Waals surface area contributed by atoms with E-state index in [0.717, 1.165) is 63.2 Å². The molecule has 4 rings (SSSR count). The molecule has 2 fully saturated rings. The molecular formula is C22H29N3O2. The lowest BCUT2D eigenvalue weighted by Gasteiger charge is -2.35. The zero-order valence-electron chi connectivity index (χ0n) is 16.2. The van der Waals surface area contributed by atoms with Crippen molar-refractivity contribution >= 4 is 5.91 Å². The normalized spacial score (nSPS) is 20.9.